The highest BCUT2D eigenvalue weighted by Gasteiger charge is 2.30. The third-order valence-electron chi connectivity index (χ3n) is 0.977. The standard InChI is InChI=1S/C7H5F3O.HI/c8-7(9,10)11-6-4-2-1-3-5-6;/h1-5H;1H. The van der Waals surface area contributed by atoms with Gasteiger partial charge in [0.1, 0.15) is 5.75 Å². The van der Waals surface area contributed by atoms with Crippen LogP contribution in [0.4, 0.5) is 13.2 Å². The fourth-order valence-corrected chi connectivity index (χ4v) is 0.622. The lowest BCUT2D eigenvalue weighted by atomic mass is 10.3. The number of benzene rings is 1. The maximum absolute atomic E-state index is 11.5. The first-order valence-corrected chi connectivity index (χ1v) is 2.89. The molecule has 0 fully saturated rings. The molecule has 0 saturated heterocycles. The van der Waals surface area contributed by atoms with Crippen LogP contribution in [0, 0.1) is 0 Å². The van der Waals surface area contributed by atoms with Crippen molar-refractivity contribution in [3.8, 4) is 5.75 Å². The zero-order valence-electron chi connectivity index (χ0n) is 5.84. The minimum absolute atomic E-state index is 0. The molecule has 0 aliphatic heterocycles. The summed E-state index contributed by atoms with van der Waals surface area (Å²) in [4.78, 5) is 0. The summed E-state index contributed by atoms with van der Waals surface area (Å²) in [7, 11) is 0. The lowest BCUT2D eigenvalue weighted by Crippen LogP contribution is -2.16. The van der Waals surface area contributed by atoms with Gasteiger partial charge in [0.2, 0.25) is 0 Å². The zero-order chi connectivity index (χ0) is 8.32. The topological polar surface area (TPSA) is 9.23 Å². The van der Waals surface area contributed by atoms with E-state index in [1.165, 1.54) is 24.3 Å². The van der Waals surface area contributed by atoms with E-state index in [0.717, 1.165) is 0 Å². The van der Waals surface area contributed by atoms with Crippen LogP contribution in [-0.2, 0) is 0 Å². The van der Waals surface area contributed by atoms with Gasteiger partial charge in [-0.25, -0.2) is 0 Å². The highest BCUT2D eigenvalue weighted by molar-refractivity contribution is 14.0. The Morgan fingerprint density at radius 1 is 1.00 bits per heavy atom. The largest absolute Gasteiger partial charge is 0.573 e. The molecule has 1 nitrogen and oxygen atoms in total. The predicted molar refractivity (Wildman–Crippen MR) is 48.5 cm³/mol. The Kier molecular flexibility index (Phi) is 4.36. The van der Waals surface area contributed by atoms with Gasteiger partial charge < -0.3 is 4.74 Å². The molecule has 0 bridgehead atoms. The normalized spacial score (nSPS) is 10.2. The lowest BCUT2D eigenvalue weighted by molar-refractivity contribution is -0.274. The van der Waals surface area contributed by atoms with E-state index in [9.17, 15) is 13.2 Å². The second-order valence-corrected chi connectivity index (χ2v) is 1.86. The summed E-state index contributed by atoms with van der Waals surface area (Å²) in [5.41, 5.74) is 0. The Morgan fingerprint density at radius 3 is 1.92 bits per heavy atom. The van der Waals surface area contributed by atoms with E-state index in [1.807, 2.05) is 0 Å². The molecule has 0 unspecified atom stereocenters. The highest BCUT2D eigenvalue weighted by Crippen LogP contribution is 2.21. The Morgan fingerprint density at radius 2 is 1.50 bits per heavy atom. The van der Waals surface area contributed by atoms with Gasteiger partial charge in [-0.1, -0.05) is 18.2 Å². The van der Waals surface area contributed by atoms with Crippen molar-refractivity contribution in [2.24, 2.45) is 0 Å². The molecule has 1 rings (SSSR count). The summed E-state index contributed by atoms with van der Waals surface area (Å²) in [6, 6.07) is 7.05. The Hall–Kier alpha value is -0.460. The molecule has 0 N–H and O–H groups in total. The maximum atomic E-state index is 11.5. The number of rotatable bonds is 1. The van der Waals surface area contributed by atoms with Crippen LogP contribution in [0.2, 0.25) is 0 Å². The van der Waals surface area contributed by atoms with Gasteiger partial charge in [-0.15, -0.1) is 37.1 Å². The fraction of sp³-hybridized carbons (Fsp3) is 0.143. The molecule has 0 saturated carbocycles. The summed E-state index contributed by atoms with van der Waals surface area (Å²) in [5.74, 6) is -0.194. The lowest BCUT2D eigenvalue weighted by Gasteiger charge is -2.07. The van der Waals surface area contributed by atoms with Gasteiger partial charge in [0, 0.05) is 0 Å². The van der Waals surface area contributed by atoms with E-state index < -0.39 is 6.36 Å². The summed E-state index contributed by atoms with van der Waals surface area (Å²) in [6.07, 6.45) is -4.60. The molecular weight excluding hydrogens is 284 g/mol. The summed E-state index contributed by atoms with van der Waals surface area (Å²) < 4.78 is 38.2. The van der Waals surface area contributed by atoms with E-state index in [2.05, 4.69) is 4.74 Å². The average Bonchev–Trinajstić information content (AvgIpc) is 1.85. The first-order chi connectivity index (χ1) is 5.08. The van der Waals surface area contributed by atoms with Crippen molar-refractivity contribution in [2.75, 3.05) is 0 Å². The molecular formula is C7H6F3IO. The van der Waals surface area contributed by atoms with Gasteiger partial charge in [0.05, 0.1) is 0 Å². The average molecular weight is 290 g/mol. The van der Waals surface area contributed by atoms with Crippen molar-refractivity contribution in [3.05, 3.63) is 30.3 Å². The number of hydrogen-bond donors (Lipinski definition) is 0. The van der Waals surface area contributed by atoms with Crippen LogP contribution in [-0.4, -0.2) is 6.36 Å². The predicted octanol–water partition coefficient (Wildman–Crippen LogP) is 3.20. The minimum atomic E-state index is -4.60. The first-order valence-electron chi connectivity index (χ1n) is 2.89. The van der Waals surface area contributed by atoms with Crippen LogP contribution in [0.1, 0.15) is 0 Å². The Balaban J connectivity index is 0.00000121. The number of hydrogen-bond acceptors (Lipinski definition) is 1. The Labute approximate surface area is 84.6 Å². The van der Waals surface area contributed by atoms with Crippen molar-refractivity contribution >= 4 is 24.0 Å². The number of ether oxygens (including phenoxy) is 1. The maximum Gasteiger partial charge on any atom is 0.573 e. The molecule has 1 aromatic rings. The highest BCUT2D eigenvalue weighted by atomic mass is 127. The van der Waals surface area contributed by atoms with Crippen LogP contribution in [0.3, 0.4) is 0 Å². The van der Waals surface area contributed by atoms with E-state index in [4.69, 9.17) is 0 Å². The van der Waals surface area contributed by atoms with Gasteiger partial charge in [0.25, 0.3) is 0 Å². The number of para-hydroxylation sites is 1. The minimum Gasteiger partial charge on any atom is -0.406 e. The van der Waals surface area contributed by atoms with Gasteiger partial charge in [-0.2, -0.15) is 0 Å². The summed E-state index contributed by atoms with van der Waals surface area (Å²) >= 11 is 0. The van der Waals surface area contributed by atoms with Crippen molar-refractivity contribution in [3.63, 3.8) is 0 Å². The van der Waals surface area contributed by atoms with Crippen molar-refractivity contribution < 1.29 is 17.9 Å². The van der Waals surface area contributed by atoms with Crippen molar-refractivity contribution in [1.29, 1.82) is 0 Å². The van der Waals surface area contributed by atoms with E-state index in [1.54, 1.807) is 6.07 Å². The number of alkyl halides is 3. The molecule has 68 valence electrons. The molecule has 5 heteroatoms. The van der Waals surface area contributed by atoms with E-state index in [0.29, 0.717) is 0 Å². The van der Waals surface area contributed by atoms with E-state index in [-0.39, 0.29) is 29.7 Å². The van der Waals surface area contributed by atoms with Crippen LogP contribution < -0.4 is 4.74 Å². The smallest absolute Gasteiger partial charge is 0.406 e. The van der Waals surface area contributed by atoms with Crippen LogP contribution in [0.15, 0.2) is 30.3 Å². The van der Waals surface area contributed by atoms with E-state index >= 15 is 0 Å². The van der Waals surface area contributed by atoms with Gasteiger partial charge in [-0.05, 0) is 12.1 Å². The quantitative estimate of drug-likeness (QED) is 0.722. The third-order valence-corrected chi connectivity index (χ3v) is 0.977. The molecule has 0 spiro atoms. The summed E-state index contributed by atoms with van der Waals surface area (Å²) in [5, 5.41) is 0. The molecule has 0 amide bonds. The van der Waals surface area contributed by atoms with Crippen LogP contribution in [0.5, 0.6) is 5.75 Å². The fourth-order valence-electron chi connectivity index (χ4n) is 0.622. The van der Waals surface area contributed by atoms with Crippen LogP contribution >= 0.6 is 24.0 Å². The second-order valence-electron chi connectivity index (χ2n) is 1.86. The van der Waals surface area contributed by atoms with Gasteiger partial charge >= 0.3 is 6.36 Å². The Bertz CT molecular complexity index is 222. The molecule has 0 aliphatic carbocycles. The number of halogens is 4. The summed E-state index contributed by atoms with van der Waals surface area (Å²) in [6.45, 7) is 0. The van der Waals surface area contributed by atoms with Crippen molar-refractivity contribution in [1.82, 2.24) is 0 Å². The molecule has 0 aromatic heterocycles. The zero-order valence-corrected chi connectivity index (χ0v) is 8.17. The molecule has 0 radical (unpaired) electrons. The van der Waals surface area contributed by atoms with Gasteiger partial charge in [-0.3, -0.25) is 0 Å². The molecule has 0 atom stereocenters. The molecule has 0 aliphatic rings. The monoisotopic (exact) mass is 290 g/mol. The molecule has 12 heavy (non-hydrogen) atoms. The molecule has 0 heterocycles. The third kappa shape index (κ3) is 4.42. The molecule has 1 aromatic carbocycles. The second kappa shape index (κ2) is 4.54. The van der Waals surface area contributed by atoms with Crippen LogP contribution in [0.25, 0.3) is 0 Å². The SMILES string of the molecule is FC(F)(F)Oc1ccccc1.I. The first kappa shape index (κ1) is 11.5. The van der Waals surface area contributed by atoms with Gasteiger partial charge in [0.15, 0.2) is 0 Å². The van der Waals surface area contributed by atoms with Crippen molar-refractivity contribution in [2.45, 2.75) is 6.36 Å².